The Bertz CT molecular complexity index is 1400. The SMILES string of the molecule is CCCCCCCCOc1ccc(-c2nc(-c3ccc(OC)cc3OC)nc(-c3ccc(OC)cc3OC)n2)c(O)c1. The minimum atomic E-state index is 0.00179. The van der Waals surface area contributed by atoms with Crippen LogP contribution in [0.2, 0.25) is 0 Å². The molecule has 222 valence electrons. The Morgan fingerprint density at radius 3 is 1.52 bits per heavy atom. The number of ether oxygens (including phenoxy) is 5. The van der Waals surface area contributed by atoms with Crippen LogP contribution >= 0.6 is 0 Å². The van der Waals surface area contributed by atoms with Crippen molar-refractivity contribution in [1.29, 1.82) is 0 Å². The molecular weight excluding hydrogens is 534 g/mol. The molecule has 0 fully saturated rings. The normalized spacial score (nSPS) is 10.8. The van der Waals surface area contributed by atoms with E-state index in [2.05, 4.69) is 6.92 Å². The van der Waals surface area contributed by atoms with Crippen LogP contribution in [0, 0.1) is 0 Å². The van der Waals surface area contributed by atoms with Gasteiger partial charge in [-0.15, -0.1) is 0 Å². The maximum atomic E-state index is 11.0. The summed E-state index contributed by atoms with van der Waals surface area (Å²) in [6, 6.07) is 16.0. The summed E-state index contributed by atoms with van der Waals surface area (Å²) in [5.41, 5.74) is 1.70. The fourth-order valence-corrected chi connectivity index (χ4v) is 4.57. The van der Waals surface area contributed by atoms with Crippen molar-refractivity contribution in [1.82, 2.24) is 15.0 Å². The first kappa shape index (κ1) is 30.4. The van der Waals surface area contributed by atoms with Gasteiger partial charge in [-0.25, -0.2) is 15.0 Å². The predicted molar refractivity (Wildman–Crippen MR) is 163 cm³/mol. The molecule has 42 heavy (non-hydrogen) atoms. The van der Waals surface area contributed by atoms with Crippen LogP contribution in [0.15, 0.2) is 54.6 Å². The van der Waals surface area contributed by atoms with Gasteiger partial charge in [0.15, 0.2) is 17.5 Å². The molecule has 1 heterocycles. The average Bonchev–Trinajstić information content (AvgIpc) is 3.03. The summed E-state index contributed by atoms with van der Waals surface area (Å²) in [6.45, 7) is 2.81. The third-order valence-electron chi connectivity index (χ3n) is 6.91. The zero-order valence-electron chi connectivity index (χ0n) is 25.0. The molecule has 0 aliphatic heterocycles. The Kier molecular flexibility index (Phi) is 10.8. The van der Waals surface area contributed by atoms with Crippen LogP contribution in [0.25, 0.3) is 34.2 Å². The van der Waals surface area contributed by atoms with Crippen LogP contribution in [0.4, 0.5) is 0 Å². The van der Waals surface area contributed by atoms with Gasteiger partial charge >= 0.3 is 0 Å². The number of phenolic OH excluding ortho intramolecular Hbond substituents is 1. The standard InChI is InChI=1S/C33H39N3O6/c1-6-7-8-9-10-11-18-42-24-14-15-25(28(37)19-24)31-34-32(26-16-12-22(38-2)20-29(26)40-4)36-33(35-31)27-17-13-23(39-3)21-30(27)41-5/h12-17,19-21,37H,6-11,18H2,1-5H3. The molecule has 0 spiro atoms. The van der Waals surface area contributed by atoms with Crippen molar-refractivity contribution in [3.8, 4) is 68.7 Å². The molecule has 0 unspecified atom stereocenters. The number of hydrogen-bond donors (Lipinski definition) is 1. The highest BCUT2D eigenvalue weighted by Crippen LogP contribution is 2.38. The monoisotopic (exact) mass is 573 g/mol. The molecule has 0 radical (unpaired) electrons. The van der Waals surface area contributed by atoms with E-state index in [9.17, 15) is 5.11 Å². The van der Waals surface area contributed by atoms with E-state index in [-0.39, 0.29) is 11.6 Å². The van der Waals surface area contributed by atoms with Crippen LogP contribution in [0.3, 0.4) is 0 Å². The van der Waals surface area contributed by atoms with Crippen molar-refractivity contribution in [3.05, 3.63) is 54.6 Å². The zero-order chi connectivity index (χ0) is 29.9. The molecule has 9 nitrogen and oxygen atoms in total. The third kappa shape index (κ3) is 7.40. The largest absolute Gasteiger partial charge is 0.507 e. The summed E-state index contributed by atoms with van der Waals surface area (Å²) >= 11 is 0. The van der Waals surface area contributed by atoms with Crippen LogP contribution in [0.5, 0.6) is 34.5 Å². The highest BCUT2D eigenvalue weighted by molar-refractivity contribution is 5.74. The number of nitrogens with zero attached hydrogens (tertiary/aromatic N) is 3. The molecule has 3 aromatic carbocycles. The maximum Gasteiger partial charge on any atom is 0.167 e. The van der Waals surface area contributed by atoms with Gasteiger partial charge in [-0.3, -0.25) is 0 Å². The number of aromatic hydroxyl groups is 1. The summed E-state index contributed by atoms with van der Waals surface area (Å²) in [6.07, 6.45) is 7.07. The Morgan fingerprint density at radius 1 is 0.548 bits per heavy atom. The van der Waals surface area contributed by atoms with Crippen LogP contribution in [0.1, 0.15) is 45.4 Å². The highest BCUT2D eigenvalue weighted by atomic mass is 16.5. The topological polar surface area (TPSA) is 105 Å². The van der Waals surface area contributed by atoms with Gasteiger partial charge in [0.05, 0.1) is 51.7 Å². The lowest BCUT2D eigenvalue weighted by Gasteiger charge is -2.14. The first-order valence-corrected chi connectivity index (χ1v) is 14.2. The van der Waals surface area contributed by atoms with Crippen molar-refractivity contribution >= 4 is 0 Å². The Balaban J connectivity index is 1.72. The Labute approximate surface area is 247 Å². The van der Waals surface area contributed by atoms with Crippen LogP contribution in [-0.2, 0) is 0 Å². The summed E-state index contributed by atoms with van der Waals surface area (Å²) in [5, 5.41) is 11.0. The molecule has 4 aromatic rings. The second kappa shape index (κ2) is 14.9. The fourth-order valence-electron chi connectivity index (χ4n) is 4.57. The van der Waals surface area contributed by atoms with Gasteiger partial charge in [0, 0.05) is 18.2 Å². The first-order valence-electron chi connectivity index (χ1n) is 14.2. The van der Waals surface area contributed by atoms with Gasteiger partial charge in [-0.2, -0.15) is 0 Å². The number of benzene rings is 3. The van der Waals surface area contributed by atoms with Crippen molar-refractivity contribution in [2.75, 3.05) is 35.0 Å². The van der Waals surface area contributed by atoms with E-state index in [1.165, 1.54) is 25.7 Å². The number of phenols is 1. The van der Waals surface area contributed by atoms with Crippen molar-refractivity contribution in [3.63, 3.8) is 0 Å². The molecule has 0 aliphatic rings. The molecule has 0 saturated heterocycles. The average molecular weight is 574 g/mol. The van der Waals surface area contributed by atoms with Gasteiger partial charge in [0.25, 0.3) is 0 Å². The number of hydrogen-bond acceptors (Lipinski definition) is 9. The van der Waals surface area contributed by atoms with E-state index in [4.69, 9.17) is 38.6 Å². The van der Waals surface area contributed by atoms with Crippen molar-refractivity contribution < 1.29 is 28.8 Å². The summed E-state index contributed by atoms with van der Waals surface area (Å²) in [7, 11) is 6.33. The van der Waals surface area contributed by atoms with E-state index in [0.717, 1.165) is 12.8 Å². The number of rotatable bonds is 15. The molecule has 4 rings (SSSR count). The van der Waals surface area contributed by atoms with Crippen molar-refractivity contribution in [2.24, 2.45) is 0 Å². The fraction of sp³-hybridized carbons (Fsp3) is 0.364. The molecule has 0 saturated carbocycles. The van der Waals surface area contributed by atoms with Gasteiger partial charge in [0.1, 0.15) is 34.5 Å². The smallest absolute Gasteiger partial charge is 0.167 e. The molecule has 0 atom stereocenters. The van der Waals surface area contributed by atoms with Gasteiger partial charge in [-0.1, -0.05) is 39.0 Å². The number of methoxy groups -OCH3 is 4. The first-order chi connectivity index (χ1) is 20.5. The second-order valence-electron chi connectivity index (χ2n) is 9.73. The lowest BCUT2D eigenvalue weighted by atomic mass is 10.1. The Hall–Kier alpha value is -4.53. The molecule has 0 amide bonds. The highest BCUT2D eigenvalue weighted by Gasteiger charge is 2.20. The minimum absolute atomic E-state index is 0.00179. The molecule has 1 N–H and O–H groups in total. The molecule has 9 heteroatoms. The van der Waals surface area contributed by atoms with Gasteiger partial charge < -0.3 is 28.8 Å². The minimum Gasteiger partial charge on any atom is -0.507 e. The van der Waals surface area contributed by atoms with E-state index < -0.39 is 0 Å². The number of aromatic nitrogens is 3. The van der Waals surface area contributed by atoms with Crippen molar-refractivity contribution in [2.45, 2.75) is 45.4 Å². The quantitative estimate of drug-likeness (QED) is 0.146. The zero-order valence-corrected chi connectivity index (χ0v) is 25.0. The maximum absolute atomic E-state index is 11.0. The molecule has 0 bridgehead atoms. The third-order valence-corrected chi connectivity index (χ3v) is 6.91. The van der Waals surface area contributed by atoms with Crippen LogP contribution in [-0.4, -0.2) is 55.1 Å². The predicted octanol–water partition coefficient (Wildman–Crippen LogP) is 7.35. The molecule has 1 aromatic heterocycles. The molecular formula is C33H39N3O6. The summed E-state index contributed by atoms with van der Waals surface area (Å²) in [4.78, 5) is 14.3. The van der Waals surface area contributed by atoms with E-state index >= 15 is 0 Å². The van der Waals surface area contributed by atoms with Gasteiger partial charge in [0.2, 0.25) is 0 Å². The second-order valence-corrected chi connectivity index (χ2v) is 9.73. The van der Waals surface area contributed by atoms with E-state index in [0.29, 0.717) is 63.7 Å². The van der Waals surface area contributed by atoms with E-state index in [1.807, 2.05) is 30.3 Å². The summed E-state index contributed by atoms with van der Waals surface area (Å²) < 4.78 is 27.9. The van der Waals surface area contributed by atoms with E-state index in [1.54, 1.807) is 52.7 Å². The molecule has 0 aliphatic carbocycles. The summed E-state index contributed by atoms with van der Waals surface area (Å²) in [5.74, 6) is 3.92. The van der Waals surface area contributed by atoms with Crippen LogP contribution < -0.4 is 23.7 Å². The lowest BCUT2D eigenvalue weighted by Crippen LogP contribution is -2.03. The van der Waals surface area contributed by atoms with Gasteiger partial charge in [-0.05, 0) is 42.8 Å². The lowest BCUT2D eigenvalue weighted by molar-refractivity contribution is 0.303. The number of unbranched alkanes of at least 4 members (excludes halogenated alkanes) is 5. The Morgan fingerprint density at radius 2 is 1.02 bits per heavy atom.